The van der Waals surface area contributed by atoms with Crippen LogP contribution >= 0.6 is 0 Å². The van der Waals surface area contributed by atoms with Crippen molar-refractivity contribution in [3.63, 3.8) is 0 Å². The number of anilines is 1. The second-order valence-corrected chi connectivity index (χ2v) is 4.21. The molecule has 0 amide bonds. The van der Waals surface area contributed by atoms with Gasteiger partial charge in [0.05, 0.1) is 5.69 Å². The molecule has 0 saturated heterocycles. The second-order valence-electron chi connectivity index (χ2n) is 4.21. The Morgan fingerprint density at radius 2 is 2.12 bits per heavy atom. The Balaban J connectivity index is 2.45. The van der Waals surface area contributed by atoms with Gasteiger partial charge in [-0.05, 0) is 30.5 Å². The molecule has 1 aromatic heterocycles. The molecule has 2 rings (SSSR count). The van der Waals surface area contributed by atoms with Gasteiger partial charge in [-0.1, -0.05) is 31.5 Å². The summed E-state index contributed by atoms with van der Waals surface area (Å²) in [7, 11) is 0. The predicted molar refractivity (Wildman–Crippen MR) is 70.6 cm³/mol. The number of hydrogen-bond acceptors (Lipinski definition) is 3. The van der Waals surface area contributed by atoms with Gasteiger partial charge in [0, 0.05) is 11.8 Å². The van der Waals surface area contributed by atoms with Gasteiger partial charge in [-0.3, -0.25) is 0 Å². The zero-order chi connectivity index (χ0) is 12.3. The molecule has 0 aliphatic heterocycles. The Labute approximate surface area is 102 Å². The molecular formula is C14H17N3. The topological polar surface area (TPSA) is 51.8 Å². The number of nitrogen functional groups attached to an aromatic ring is 1. The normalized spacial score (nSPS) is 10.5. The summed E-state index contributed by atoms with van der Waals surface area (Å²) < 4.78 is 0. The zero-order valence-corrected chi connectivity index (χ0v) is 10.3. The lowest BCUT2D eigenvalue weighted by molar-refractivity contribution is 0.922. The minimum Gasteiger partial charge on any atom is -0.368 e. The Morgan fingerprint density at radius 3 is 2.88 bits per heavy atom. The highest BCUT2D eigenvalue weighted by Gasteiger charge is 2.05. The van der Waals surface area contributed by atoms with Crippen LogP contribution in [0.4, 0.5) is 5.95 Å². The van der Waals surface area contributed by atoms with Crippen molar-refractivity contribution in [2.24, 2.45) is 0 Å². The average molecular weight is 227 g/mol. The smallest absolute Gasteiger partial charge is 0.220 e. The Morgan fingerprint density at radius 1 is 1.29 bits per heavy atom. The van der Waals surface area contributed by atoms with Gasteiger partial charge in [-0.2, -0.15) is 0 Å². The van der Waals surface area contributed by atoms with Crippen LogP contribution in [0.5, 0.6) is 0 Å². The average Bonchev–Trinajstić information content (AvgIpc) is 2.33. The van der Waals surface area contributed by atoms with Gasteiger partial charge in [-0.25, -0.2) is 9.97 Å². The third kappa shape index (κ3) is 2.61. The predicted octanol–water partition coefficient (Wildman–Crippen LogP) is 2.99. The number of nitrogens with zero attached hydrogens (tertiary/aromatic N) is 2. The molecule has 1 heterocycles. The third-order valence-corrected chi connectivity index (χ3v) is 2.73. The maximum atomic E-state index is 5.64. The molecule has 0 atom stereocenters. The number of nitrogens with two attached hydrogens (primary N) is 1. The van der Waals surface area contributed by atoms with E-state index in [4.69, 9.17) is 5.73 Å². The van der Waals surface area contributed by atoms with Crippen molar-refractivity contribution in [3.8, 4) is 11.3 Å². The maximum absolute atomic E-state index is 5.64. The molecule has 3 heteroatoms. The van der Waals surface area contributed by atoms with Crippen LogP contribution in [0, 0.1) is 6.92 Å². The Kier molecular flexibility index (Phi) is 3.38. The number of hydrogen-bond donors (Lipinski definition) is 1. The largest absolute Gasteiger partial charge is 0.368 e. The van der Waals surface area contributed by atoms with Crippen LogP contribution in [0.25, 0.3) is 11.3 Å². The molecule has 0 saturated carbocycles. The molecule has 88 valence electrons. The summed E-state index contributed by atoms with van der Waals surface area (Å²) in [5.41, 5.74) is 10.1. The quantitative estimate of drug-likeness (QED) is 0.877. The molecule has 17 heavy (non-hydrogen) atoms. The van der Waals surface area contributed by atoms with Crippen LogP contribution < -0.4 is 5.73 Å². The van der Waals surface area contributed by atoms with E-state index in [0.717, 1.165) is 29.7 Å². The number of aryl methyl sites for hydroxylation is 2. The summed E-state index contributed by atoms with van der Waals surface area (Å²) >= 11 is 0. The van der Waals surface area contributed by atoms with E-state index in [0.29, 0.717) is 5.95 Å². The molecular weight excluding hydrogens is 210 g/mol. The van der Waals surface area contributed by atoms with Crippen LogP contribution in [-0.2, 0) is 6.42 Å². The highest BCUT2D eigenvalue weighted by atomic mass is 15.0. The lowest BCUT2D eigenvalue weighted by Gasteiger charge is -2.07. The molecule has 1 aromatic carbocycles. The van der Waals surface area contributed by atoms with Crippen LogP contribution in [-0.4, -0.2) is 9.97 Å². The lowest BCUT2D eigenvalue weighted by Crippen LogP contribution is -1.98. The van der Waals surface area contributed by atoms with Gasteiger partial charge >= 0.3 is 0 Å². The summed E-state index contributed by atoms with van der Waals surface area (Å²) in [4.78, 5) is 8.30. The zero-order valence-electron chi connectivity index (χ0n) is 10.3. The lowest BCUT2D eigenvalue weighted by atomic mass is 10.0. The Hall–Kier alpha value is -1.90. The summed E-state index contributed by atoms with van der Waals surface area (Å²) in [6, 6.07) is 8.46. The van der Waals surface area contributed by atoms with Crippen LogP contribution in [0.3, 0.4) is 0 Å². The van der Waals surface area contributed by atoms with E-state index < -0.39 is 0 Å². The van der Waals surface area contributed by atoms with E-state index in [1.54, 1.807) is 6.20 Å². The first-order valence-corrected chi connectivity index (χ1v) is 5.89. The van der Waals surface area contributed by atoms with Crippen molar-refractivity contribution in [3.05, 3.63) is 41.6 Å². The van der Waals surface area contributed by atoms with Gasteiger partial charge < -0.3 is 5.73 Å². The molecule has 2 aromatic rings. The molecule has 0 radical (unpaired) electrons. The fourth-order valence-electron chi connectivity index (χ4n) is 1.91. The van der Waals surface area contributed by atoms with E-state index in [1.807, 2.05) is 6.92 Å². The molecule has 0 aliphatic carbocycles. The van der Waals surface area contributed by atoms with Gasteiger partial charge in [0.25, 0.3) is 0 Å². The van der Waals surface area contributed by atoms with E-state index in [9.17, 15) is 0 Å². The van der Waals surface area contributed by atoms with Crippen molar-refractivity contribution in [1.29, 1.82) is 0 Å². The fraction of sp³-hybridized carbons (Fsp3) is 0.286. The first-order chi connectivity index (χ1) is 8.20. The van der Waals surface area contributed by atoms with Gasteiger partial charge in [0.15, 0.2) is 0 Å². The van der Waals surface area contributed by atoms with Crippen molar-refractivity contribution >= 4 is 5.95 Å². The fourth-order valence-corrected chi connectivity index (χ4v) is 1.91. The maximum Gasteiger partial charge on any atom is 0.220 e. The first kappa shape index (κ1) is 11.6. The van der Waals surface area contributed by atoms with Crippen molar-refractivity contribution in [2.45, 2.75) is 26.7 Å². The van der Waals surface area contributed by atoms with E-state index in [2.05, 4.69) is 41.2 Å². The molecule has 0 spiro atoms. The summed E-state index contributed by atoms with van der Waals surface area (Å²) in [6.45, 7) is 4.18. The van der Waals surface area contributed by atoms with Gasteiger partial charge in [0.2, 0.25) is 5.95 Å². The number of benzene rings is 1. The molecule has 3 nitrogen and oxygen atoms in total. The highest BCUT2D eigenvalue weighted by Crippen LogP contribution is 2.22. The van der Waals surface area contributed by atoms with Crippen LogP contribution in [0.2, 0.25) is 0 Å². The molecule has 0 bridgehead atoms. The number of rotatable bonds is 3. The van der Waals surface area contributed by atoms with Gasteiger partial charge in [0.1, 0.15) is 0 Å². The SMILES string of the molecule is CCCc1cccc(-c2nc(N)ncc2C)c1. The van der Waals surface area contributed by atoms with Crippen LogP contribution in [0.1, 0.15) is 24.5 Å². The summed E-state index contributed by atoms with van der Waals surface area (Å²) in [5.74, 6) is 0.325. The molecule has 0 unspecified atom stereocenters. The molecule has 0 fully saturated rings. The molecule has 2 N–H and O–H groups in total. The standard InChI is InChI=1S/C14H17N3/c1-3-5-11-6-4-7-12(8-11)13-10(2)9-16-14(15)17-13/h4,6-9H,3,5H2,1-2H3,(H2,15,16,17). The highest BCUT2D eigenvalue weighted by molar-refractivity contribution is 5.64. The summed E-state index contributed by atoms with van der Waals surface area (Å²) in [5, 5.41) is 0. The second kappa shape index (κ2) is 4.95. The monoisotopic (exact) mass is 227 g/mol. The van der Waals surface area contributed by atoms with Gasteiger partial charge in [-0.15, -0.1) is 0 Å². The van der Waals surface area contributed by atoms with E-state index in [1.165, 1.54) is 5.56 Å². The van der Waals surface area contributed by atoms with E-state index >= 15 is 0 Å². The molecule has 0 aliphatic rings. The van der Waals surface area contributed by atoms with E-state index in [-0.39, 0.29) is 0 Å². The first-order valence-electron chi connectivity index (χ1n) is 5.89. The van der Waals surface area contributed by atoms with Crippen molar-refractivity contribution in [1.82, 2.24) is 9.97 Å². The minimum absolute atomic E-state index is 0.325. The van der Waals surface area contributed by atoms with Crippen molar-refractivity contribution < 1.29 is 0 Å². The van der Waals surface area contributed by atoms with Crippen LogP contribution in [0.15, 0.2) is 30.5 Å². The third-order valence-electron chi connectivity index (χ3n) is 2.73. The number of aromatic nitrogens is 2. The minimum atomic E-state index is 0.325. The summed E-state index contributed by atoms with van der Waals surface area (Å²) in [6.07, 6.45) is 4.01. The van der Waals surface area contributed by atoms with Crippen molar-refractivity contribution in [2.75, 3.05) is 5.73 Å². The Bertz CT molecular complexity index is 521.